The molecule has 0 saturated carbocycles. The second-order valence-corrected chi connectivity index (χ2v) is 5.71. The van der Waals surface area contributed by atoms with Crippen molar-refractivity contribution in [3.63, 3.8) is 0 Å². The number of hydrogen-bond acceptors (Lipinski definition) is 3. The van der Waals surface area contributed by atoms with Crippen LogP contribution in [0.4, 0.5) is 4.79 Å². The summed E-state index contributed by atoms with van der Waals surface area (Å²) < 4.78 is 28.8. The monoisotopic (exact) mass is 229 g/mol. The van der Waals surface area contributed by atoms with Gasteiger partial charge in [0.2, 0.25) is 0 Å². The lowest BCUT2D eigenvalue weighted by atomic mass is 9.99. The predicted molar refractivity (Wildman–Crippen MR) is 62.4 cm³/mol. The van der Waals surface area contributed by atoms with Gasteiger partial charge in [0.05, 0.1) is 5.54 Å². The normalized spacial score (nSPS) is 37.6. The maximum atomic E-state index is 12.4. The minimum absolute atomic E-state index is 0.0796. The molecule has 1 amide bonds. The van der Waals surface area contributed by atoms with E-state index in [1.165, 1.54) is 4.90 Å². The van der Waals surface area contributed by atoms with E-state index in [2.05, 4.69) is 5.32 Å². The molecule has 2 aliphatic rings. The molecule has 2 fully saturated rings. The Balaban J connectivity index is 2.29. The Hall–Kier alpha value is -0.770. The summed E-state index contributed by atoms with van der Waals surface area (Å²) in [7, 11) is 0. The lowest BCUT2D eigenvalue weighted by Gasteiger charge is -2.43. The van der Waals surface area contributed by atoms with Crippen LogP contribution in [0.1, 0.15) is 44.6 Å². The van der Waals surface area contributed by atoms with E-state index in [4.69, 9.17) is 8.85 Å². The molecule has 0 aromatic heterocycles. The lowest BCUT2D eigenvalue weighted by molar-refractivity contribution is -0.00607. The van der Waals surface area contributed by atoms with Crippen LogP contribution >= 0.6 is 0 Å². The van der Waals surface area contributed by atoms with Gasteiger partial charge in [-0.15, -0.1) is 0 Å². The first kappa shape index (κ1) is 8.34. The van der Waals surface area contributed by atoms with Gasteiger partial charge in [-0.25, -0.2) is 4.79 Å². The molecule has 2 aliphatic heterocycles. The molecule has 2 heterocycles. The smallest absolute Gasteiger partial charge is 0.411 e. The molecule has 2 bridgehead atoms. The molecule has 0 unspecified atom stereocenters. The van der Waals surface area contributed by atoms with Crippen LogP contribution in [0.5, 0.6) is 0 Å². The van der Waals surface area contributed by atoms with Gasteiger partial charge in [0.15, 0.2) is 0 Å². The zero-order chi connectivity index (χ0) is 14.5. The summed E-state index contributed by atoms with van der Waals surface area (Å²) >= 11 is 0. The van der Waals surface area contributed by atoms with Crippen molar-refractivity contribution < 1.29 is 13.6 Å². The SMILES string of the molecule is [2H]C([2H])([2H])[C@@]12CC[C@@H](CNC1)N2C(=O)OC(C)(C)C. The van der Waals surface area contributed by atoms with Gasteiger partial charge in [-0.2, -0.15) is 0 Å². The topological polar surface area (TPSA) is 41.6 Å². The number of nitrogens with zero attached hydrogens (tertiary/aromatic N) is 1. The number of rotatable bonds is 0. The minimum atomic E-state index is -2.20. The highest BCUT2D eigenvalue weighted by molar-refractivity contribution is 5.70. The fourth-order valence-electron chi connectivity index (χ4n) is 2.45. The second-order valence-electron chi connectivity index (χ2n) is 5.71. The van der Waals surface area contributed by atoms with Crippen molar-refractivity contribution in [3.05, 3.63) is 0 Å². The third-order valence-corrected chi connectivity index (χ3v) is 3.11. The van der Waals surface area contributed by atoms with Crippen LogP contribution in [0.15, 0.2) is 0 Å². The van der Waals surface area contributed by atoms with Crippen LogP contribution in [0.3, 0.4) is 0 Å². The van der Waals surface area contributed by atoms with Crippen LogP contribution in [0.2, 0.25) is 0 Å². The van der Waals surface area contributed by atoms with E-state index in [0.717, 1.165) is 0 Å². The highest BCUT2D eigenvalue weighted by atomic mass is 16.6. The first-order valence-corrected chi connectivity index (χ1v) is 5.80. The molecule has 2 rings (SSSR count). The predicted octanol–water partition coefficient (Wildman–Crippen LogP) is 1.75. The maximum Gasteiger partial charge on any atom is 0.411 e. The van der Waals surface area contributed by atoms with Gasteiger partial charge in [0.1, 0.15) is 5.60 Å². The zero-order valence-corrected chi connectivity index (χ0v) is 10.2. The summed E-state index contributed by atoms with van der Waals surface area (Å²) in [6, 6.07) is -0.0796. The van der Waals surface area contributed by atoms with Crippen LogP contribution < -0.4 is 5.32 Å². The van der Waals surface area contributed by atoms with E-state index in [9.17, 15) is 4.79 Å². The Kier molecular flexibility index (Phi) is 1.89. The average molecular weight is 229 g/mol. The molecular weight excluding hydrogens is 204 g/mol. The summed E-state index contributed by atoms with van der Waals surface area (Å²) in [5.41, 5.74) is -1.73. The van der Waals surface area contributed by atoms with Gasteiger partial charge in [-0.3, -0.25) is 4.90 Å². The number of carbonyl (C=O) groups excluding carboxylic acids is 1. The van der Waals surface area contributed by atoms with Crippen molar-refractivity contribution in [1.82, 2.24) is 10.2 Å². The third kappa shape index (κ3) is 2.03. The standard InChI is InChI=1S/C12H22N2O2/c1-11(2,3)16-10(15)14-9-5-6-12(14,4)8-13-7-9/h9,13H,5-8H2,1-4H3/t9-,12+/m0/s1/i4D3. The molecule has 0 spiro atoms. The third-order valence-electron chi connectivity index (χ3n) is 3.11. The Labute approximate surface area is 102 Å². The van der Waals surface area contributed by atoms with Gasteiger partial charge >= 0.3 is 6.09 Å². The maximum absolute atomic E-state index is 12.4. The van der Waals surface area contributed by atoms with E-state index in [-0.39, 0.29) is 6.04 Å². The number of hydrogen-bond donors (Lipinski definition) is 1. The van der Waals surface area contributed by atoms with Gasteiger partial charge in [-0.05, 0) is 40.5 Å². The van der Waals surface area contributed by atoms with Gasteiger partial charge in [0, 0.05) is 23.2 Å². The van der Waals surface area contributed by atoms with Crippen LogP contribution in [0, 0.1) is 0 Å². The highest BCUT2D eigenvalue weighted by Gasteiger charge is 2.49. The van der Waals surface area contributed by atoms with E-state index >= 15 is 0 Å². The van der Waals surface area contributed by atoms with Crippen molar-refractivity contribution in [3.8, 4) is 0 Å². The number of carbonyl (C=O) groups is 1. The van der Waals surface area contributed by atoms with Gasteiger partial charge in [-0.1, -0.05) is 0 Å². The average Bonchev–Trinajstić information content (AvgIpc) is 2.44. The molecular formula is C12H22N2O2. The molecule has 2 saturated heterocycles. The summed E-state index contributed by atoms with van der Waals surface area (Å²) in [5.74, 6) is 0. The van der Waals surface area contributed by atoms with Gasteiger partial charge < -0.3 is 10.1 Å². The first-order chi connectivity index (χ1) is 8.57. The molecule has 16 heavy (non-hydrogen) atoms. The Morgan fingerprint density at radius 2 is 2.38 bits per heavy atom. The molecule has 2 atom stereocenters. The molecule has 92 valence electrons. The van der Waals surface area contributed by atoms with Gasteiger partial charge in [0.25, 0.3) is 0 Å². The Morgan fingerprint density at radius 3 is 3.00 bits per heavy atom. The Morgan fingerprint density at radius 1 is 1.62 bits per heavy atom. The van der Waals surface area contributed by atoms with Crippen molar-refractivity contribution in [2.24, 2.45) is 0 Å². The van der Waals surface area contributed by atoms with E-state index < -0.39 is 24.1 Å². The highest BCUT2D eigenvalue weighted by Crippen LogP contribution is 2.36. The summed E-state index contributed by atoms with van der Waals surface area (Å²) in [6.45, 7) is 4.10. The number of fused-ring (bicyclic) bond motifs is 2. The molecule has 4 nitrogen and oxygen atoms in total. The number of nitrogens with one attached hydrogen (secondary N) is 1. The molecule has 0 aliphatic carbocycles. The first-order valence-electron chi connectivity index (χ1n) is 7.30. The van der Waals surface area contributed by atoms with Crippen LogP contribution in [-0.2, 0) is 4.74 Å². The molecule has 1 N–H and O–H groups in total. The number of piperazine rings is 1. The fourth-order valence-corrected chi connectivity index (χ4v) is 2.45. The van der Waals surface area contributed by atoms with E-state index in [1.807, 2.05) is 0 Å². The second kappa shape index (κ2) is 3.62. The molecule has 0 aromatic rings. The van der Waals surface area contributed by atoms with E-state index in [1.54, 1.807) is 20.8 Å². The number of ether oxygens (including phenoxy) is 1. The summed E-state index contributed by atoms with van der Waals surface area (Å²) in [5, 5.41) is 3.13. The lowest BCUT2D eigenvalue weighted by Crippen LogP contribution is -2.61. The van der Waals surface area contributed by atoms with E-state index in [0.29, 0.717) is 25.9 Å². The fraction of sp³-hybridized carbons (Fsp3) is 0.917. The van der Waals surface area contributed by atoms with Crippen LogP contribution in [0.25, 0.3) is 0 Å². The van der Waals surface area contributed by atoms with Crippen molar-refractivity contribution in [2.45, 2.75) is 57.6 Å². The summed E-state index contributed by atoms with van der Waals surface area (Å²) in [6.07, 6.45) is 0.707. The summed E-state index contributed by atoms with van der Waals surface area (Å²) in [4.78, 5) is 13.8. The van der Waals surface area contributed by atoms with Crippen molar-refractivity contribution in [1.29, 1.82) is 0 Å². The van der Waals surface area contributed by atoms with Crippen molar-refractivity contribution >= 4 is 6.09 Å². The van der Waals surface area contributed by atoms with Crippen molar-refractivity contribution in [2.75, 3.05) is 13.1 Å². The quantitative estimate of drug-likeness (QED) is 0.688. The largest absolute Gasteiger partial charge is 0.444 e. The Bertz CT molecular complexity index is 374. The molecule has 0 radical (unpaired) electrons. The molecule has 4 heteroatoms. The number of amides is 1. The minimum Gasteiger partial charge on any atom is -0.444 e. The van der Waals surface area contributed by atoms with Crippen LogP contribution in [-0.4, -0.2) is 41.3 Å². The molecule has 0 aromatic carbocycles. The zero-order valence-electron chi connectivity index (χ0n) is 13.2.